The molecule has 1 aliphatic carbocycles. The maximum absolute atomic E-state index is 11.3. The Morgan fingerprint density at radius 1 is 0.947 bits per heavy atom. The van der Waals surface area contributed by atoms with Crippen molar-refractivity contribution >= 4 is 10.1 Å². The van der Waals surface area contributed by atoms with Crippen molar-refractivity contribution in [1.82, 2.24) is 0 Å². The number of unbranched alkanes of at least 4 members (excludes halogenated alkanes) is 7. The SMILES string of the molecule is CCCCCCCCCCC1CC1CS(=O)(=O)OC. The van der Waals surface area contributed by atoms with Gasteiger partial charge in [0, 0.05) is 0 Å². The second kappa shape index (κ2) is 8.96. The Hall–Kier alpha value is -0.0900. The van der Waals surface area contributed by atoms with Gasteiger partial charge in [-0.05, 0) is 18.3 Å². The van der Waals surface area contributed by atoms with Crippen molar-refractivity contribution in [1.29, 1.82) is 0 Å². The molecule has 0 aromatic rings. The zero-order chi connectivity index (χ0) is 14.1. The Kier molecular flexibility index (Phi) is 8.00. The Morgan fingerprint density at radius 3 is 2.11 bits per heavy atom. The third kappa shape index (κ3) is 7.93. The minimum absolute atomic E-state index is 0.227. The first kappa shape index (κ1) is 17.0. The lowest BCUT2D eigenvalue weighted by Crippen LogP contribution is -2.10. The lowest BCUT2D eigenvalue weighted by molar-refractivity contribution is 0.394. The summed E-state index contributed by atoms with van der Waals surface area (Å²) >= 11 is 0. The molecule has 0 spiro atoms. The molecule has 0 amide bonds. The van der Waals surface area contributed by atoms with Gasteiger partial charge in [-0.1, -0.05) is 64.7 Å². The van der Waals surface area contributed by atoms with Crippen LogP contribution >= 0.6 is 0 Å². The van der Waals surface area contributed by atoms with Crippen LogP contribution < -0.4 is 0 Å². The maximum atomic E-state index is 11.3. The lowest BCUT2D eigenvalue weighted by Gasteiger charge is -2.02. The van der Waals surface area contributed by atoms with Gasteiger partial charge in [-0.3, -0.25) is 4.18 Å². The van der Waals surface area contributed by atoms with Crippen molar-refractivity contribution in [2.75, 3.05) is 12.9 Å². The molecule has 0 heterocycles. The van der Waals surface area contributed by atoms with Crippen LogP contribution in [-0.2, 0) is 14.3 Å². The van der Waals surface area contributed by atoms with E-state index in [1.165, 1.54) is 64.9 Å². The van der Waals surface area contributed by atoms with Crippen LogP contribution in [0.2, 0.25) is 0 Å². The van der Waals surface area contributed by atoms with Crippen LogP contribution in [0.15, 0.2) is 0 Å². The largest absolute Gasteiger partial charge is 0.273 e. The second-order valence-corrected chi connectivity index (χ2v) is 7.69. The fraction of sp³-hybridized carbons (Fsp3) is 1.00. The van der Waals surface area contributed by atoms with Crippen molar-refractivity contribution in [3.63, 3.8) is 0 Å². The van der Waals surface area contributed by atoms with Gasteiger partial charge in [-0.25, -0.2) is 0 Å². The maximum Gasteiger partial charge on any atom is 0.267 e. The molecule has 0 radical (unpaired) electrons. The van der Waals surface area contributed by atoms with Gasteiger partial charge in [-0.15, -0.1) is 0 Å². The van der Waals surface area contributed by atoms with Crippen LogP contribution in [-0.4, -0.2) is 21.3 Å². The van der Waals surface area contributed by atoms with Gasteiger partial charge < -0.3 is 0 Å². The van der Waals surface area contributed by atoms with Crippen LogP contribution in [0.4, 0.5) is 0 Å². The van der Waals surface area contributed by atoms with Crippen molar-refractivity contribution in [3.05, 3.63) is 0 Å². The zero-order valence-electron chi connectivity index (χ0n) is 12.6. The fourth-order valence-corrected chi connectivity index (χ4v) is 3.81. The molecule has 2 atom stereocenters. The summed E-state index contributed by atoms with van der Waals surface area (Å²) in [4.78, 5) is 0. The minimum atomic E-state index is -3.24. The second-order valence-electron chi connectivity index (χ2n) is 5.91. The fourth-order valence-electron chi connectivity index (χ4n) is 2.74. The molecule has 1 rings (SSSR count). The quantitative estimate of drug-likeness (QED) is 0.401. The van der Waals surface area contributed by atoms with E-state index >= 15 is 0 Å². The highest BCUT2D eigenvalue weighted by Crippen LogP contribution is 2.43. The summed E-state index contributed by atoms with van der Waals surface area (Å²) in [6, 6.07) is 0. The Labute approximate surface area is 119 Å². The Balaban J connectivity index is 1.90. The average Bonchev–Trinajstić information content (AvgIpc) is 3.10. The Bertz CT molecular complexity index is 324. The summed E-state index contributed by atoms with van der Waals surface area (Å²) in [5, 5.41) is 0. The van der Waals surface area contributed by atoms with Gasteiger partial charge in [0.2, 0.25) is 0 Å². The van der Waals surface area contributed by atoms with E-state index in [9.17, 15) is 8.42 Å². The third-order valence-electron chi connectivity index (χ3n) is 4.17. The van der Waals surface area contributed by atoms with E-state index in [0.717, 1.165) is 6.42 Å². The van der Waals surface area contributed by atoms with E-state index in [4.69, 9.17) is 0 Å². The van der Waals surface area contributed by atoms with E-state index < -0.39 is 10.1 Å². The van der Waals surface area contributed by atoms with Crippen LogP contribution in [0, 0.1) is 11.8 Å². The van der Waals surface area contributed by atoms with Gasteiger partial charge in [-0.2, -0.15) is 8.42 Å². The third-order valence-corrected chi connectivity index (χ3v) is 5.51. The van der Waals surface area contributed by atoms with E-state index in [0.29, 0.717) is 11.8 Å². The summed E-state index contributed by atoms with van der Waals surface area (Å²) < 4.78 is 27.0. The molecule has 0 saturated heterocycles. The standard InChI is InChI=1S/C15H30O3S/c1-3-4-5-6-7-8-9-10-11-14-12-15(14)13-19(16,17)18-2/h14-15H,3-13H2,1-2H3. The normalized spacial score (nSPS) is 22.6. The summed E-state index contributed by atoms with van der Waals surface area (Å²) in [7, 11) is -1.98. The molecule has 0 aromatic carbocycles. The van der Waals surface area contributed by atoms with Gasteiger partial charge in [0.05, 0.1) is 12.9 Å². The van der Waals surface area contributed by atoms with Gasteiger partial charge in [0.25, 0.3) is 10.1 Å². The number of rotatable bonds is 12. The highest BCUT2D eigenvalue weighted by atomic mass is 32.2. The molecule has 0 aliphatic heterocycles. The molecule has 4 heteroatoms. The van der Waals surface area contributed by atoms with E-state index in [1.54, 1.807) is 0 Å². The molecule has 1 aliphatic rings. The monoisotopic (exact) mass is 290 g/mol. The molecule has 2 unspecified atom stereocenters. The molecule has 114 valence electrons. The highest BCUT2D eigenvalue weighted by Gasteiger charge is 2.39. The van der Waals surface area contributed by atoms with Crippen LogP contribution in [0.25, 0.3) is 0 Å². The van der Waals surface area contributed by atoms with E-state index in [-0.39, 0.29) is 5.75 Å². The first-order valence-electron chi connectivity index (χ1n) is 7.87. The smallest absolute Gasteiger partial charge is 0.267 e. The molecule has 19 heavy (non-hydrogen) atoms. The van der Waals surface area contributed by atoms with Gasteiger partial charge >= 0.3 is 0 Å². The average molecular weight is 290 g/mol. The van der Waals surface area contributed by atoms with E-state index in [2.05, 4.69) is 11.1 Å². The topological polar surface area (TPSA) is 43.4 Å². The summed E-state index contributed by atoms with van der Waals surface area (Å²) in [5.41, 5.74) is 0. The molecular weight excluding hydrogens is 260 g/mol. The first-order chi connectivity index (χ1) is 9.09. The molecule has 0 bridgehead atoms. The molecule has 1 fully saturated rings. The number of hydrogen-bond donors (Lipinski definition) is 0. The summed E-state index contributed by atoms with van der Waals surface area (Å²) in [6.07, 6.45) is 13.0. The molecule has 0 N–H and O–H groups in total. The van der Waals surface area contributed by atoms with Crippen molar-refractivity contribution < 1.29 is 12.6 Å². The van der Waals surface area contributed by atoms with Crippen molar-refractivity contribution in [2.24, 2.45) is 11.8 Å². The van der Waals surface area contributed by atoms with Crippen molar-refractivity contribution in [2.45, 2.75) is 71.1 Å². The van der Waals surface area contributed by atoms with Crippen molar-refractivity contribution in [3.8, 4) is 0 Å². The van der Waals surface area contributed by atoms with Gasteiger partial charge in [0.15, 0.2) is 0 Å². The van der Waals surface area contributed by atoms with E-state index in [1.807, 2.05) is 0 Å². The van der Waals surface area contributed by atoms with Gasteiger partial charge in [0.1, 0.15) is 0 Å². The number of hydrogen-bond acceptors (Lipinski definition) is 3. The van der Waals surface area contributed by atoms with Crippen LogP contribution in [0.3, 0.4) is 0 Å². The molecule has 3 nitrogen and oxygen atoms in total. The van der Waals surface area contributed by atoms with Crippen LogP contribution in [0.5, 0.6) is 0 Å². The lowest BCUT2D eigenvalue weighted by atomic mass is 10.1. The minimum Gasteiger partial charge on any atom is -0.273 e. The summed E-state index contributed by atoms with van der Waals surface area (Å²) in [5.74, 6) is 1.24. The predicted octanol–water partition coefficient (Wildman–Crippen LogP) is 4.13. The predicted molar refractivity (Wildman–Crippen MR) is 79.6 cm³/mol. The molecule has 1 saturated carbocycles. The first-order valence-corrected chi connectivity index (χ1v) is 9.45. The zero-order valence-corrected chi connectivity index (χ0v) is 13.4. The van der Waals surface area contributed by atoms with Crippen LogP contribution in [0.1, 0.15) is 71.1 Å². The molecular formula is C15H30O3S. The Morgan fingerprint density at radius 2 is 1.53 bits per heavy atom. The summed E-state index contributed by atoms with van der Waals surface area (Å²) in [6.45, 7) is 2.25. The highest BCUT2D eigenvalue weighted by molar-refractivity contribution is 7.86. The molecule has 0 aromatic heterocycles.